The minimum Gasteiger partial charge on any atom is -0.392 e. The van der Waals surface area contributed by atoms with Gasteiger partial charge in [-0.05, 0) is 44.8 Å². The highest BCUT2D eigenvalue weighted by molar-refractivity contribution is 7.89. The van der Waals surface area contributed by atoms with Crippen molar-refractivity contribution in [2.75, 3.05) is 34.2 Å². The van der Waals surface area contributed by atoms with Crippen LogP contribution < -0.4 is 0 Å². The third kappa shape index (κ3) is 4.58. The Morgan fingerprint density at radius 1 is 1.05 bits per heavy atom. The largest absolute Gasteiger partial charge is 0.392 e. The lowest BCUT2D eigenvalue weighted by molar-refractivity contribution is 0.281. The molecule has 0 bridgehead atoms. The topological polar surface area (TPSA) is 60.9 Å². The molecule has 1 N–H and O–H groups in total. The first-order valence-electron chi connectivity index (χ1n) is 6.19. The zero-order chi connectivity index (χ0) is 14.5. The monoisotopic (exact) mass is 286 g/mol. The van der Waals surface area contributed by atoms with Crippen molar-refractivity contribution in [2.24, 2.45) is 0 Å². The van der Waals surface area contributed by atoms with E-state index in [-0.39, 0.29) is 11.5 Å². The number of aliphatic hydroxyl groups is 1. The summed E-state index contributed by atoms with van der Waals surface area (Å²) in [6.45, 7) is 1.25. The molecule has 0 heterocycles. The number of hydrogen-bond acceptors (Lipinski definition) is 4. The molecule has 108 valence electrons. The predicted octanol–water partition coefficient (Wildman–Crippen LogP) is 0.751. The van der Waals surface area contributed by atoms with Gasteiger partial charge in [0.05, 0.1) is 11.5 Å². The third-order valence-electron chi connectivity index (χ3n) is 2.89. The van der Waals surface area contributed by atoms with E-state index in [9.17, 15) is 8.42 Å². The molecule has 0 saturated heterocycles. The minimum absolute atomic E-state index is 0.0843. The molecule has 0 aliphatic heterocycles. The Balaban J connectivity index is 2.72. The molecule has 0 radical (unpaired) electrons. The molecular weight excluding hydrogens is 264 g/mol. The molecular formula is C13H22N2O3S. The van der Waals surface area contributed by atoms with Gasteiger partial charge in [-0.3, -0.25) is 0 Å². The van der Waals surface area contributed by atoms with E-state index in [1.807, 2.05) is 19.0 Å². The van der Waals surface area contributed by atoms with Gasteiger partial charge in [-0.25, -0.2) is 12.7 Å². The summed E-state index contributed by atoms with van der Waals surface area (Å²) >= 11 is 0. The highest BCUT2D eigenvalue weighted by Gasteiger charge is 2.19. The van der Waals surface area contributed by atoms with Crippen molar-refractivity contribution in [1.29, 1.82) is 0 Å². The first kappa shape index (κ1) is 16.1. The second-order valence-electron chi connectivity index (χ2n) is 4.79. The van der Waals surface area contributed by atoms with E-state index < -0.39 is 10.0 Å². The fourth-order valence-electron chi connectivity index (χ4n) is 1.68. The van der Waals surface area contributed by atoms with Crippen LogP contribution in [0.3, 0.4) is 0 Å². The maximum atomic E-state index is 12.3. The summed E-state index contributed by atoms with van der Waals surface area (Å²) < 4.78 is 25.9. The average Bonchev–Trinajstić information content (AvgIpc) is 2.38. The average molecular weight is 286 g/mol. The predicted molar refractivity (Wildman–Crippen MR) is 75.4 cm³/mol. The highest BCUT2D eigenvalue weighted by Crippen LogP contribution is 2.15. The number of aliphatic hydroxyl groups excluding tert-OH is 1. The van der Waals surface area contributed by atoms with Crippen molar-refractivity contribution >= 4 is 10.0 Å². The summed E-state index contributed by atoms with van der Waals surface area (Å²) in [7, 11) is 2.08. The summed E-state index contributed by atoms with van der Waals surface area (Å²) in [5.41, 5.74) is 0.703. The molecule has 0 saturated carbocycles. The van der Waals surface area contributed by atoms with E-state index in [1.54, 1.807) is 19.2 Å². The molecule has 0 atom stereocenters. The summed E-state index contributed by atoms with van der Waals surface area (Å²) in [4.78, 5) is 2.29. The van der Waals surface area contributed by atoms with Crippen molar-refractivity contribution in [3.63, 3.8) is 0 Å². The summed E-state index contributed by atoms with van der Waals surface area (Å²) in [5, 5.41) is 8.94. The van der Waals surface area contributed by atoms with Crippen LogP contribution >= 0.6 is 0 Å². The number of hydrogen-bond donors (Lipinski definition) is 1. The molecule has 19 heavy (non-hydrogen) atoms. The van der Waals surface area contributed by atoms with Gasteiger partial charge in [0, 0.05) is 13.6 Å². The molecule has 0 aromatic heterocycles. The van der Waals surface area contributed by atoms with Crippen molar-refractivity contribution in [1.82, 2.24) is 9.21 Å². The molecule has 1 aromatic carbocycles. The fraction of sp³-hybridized carbons (Fsp3) is 0.538. The first-order valence-corrected chi connectivity index (χ1v) is 7.63. The SMILES string of the molecule is CN(C)CCCN(C)S(=O)(=O)c1ccc(CO)cc1. The smallest absolute Gasteiger partial charge is 0.242 e. The Kier molecular flexibility index (Phi) is 5.93. The molecule has 0 amide bonds. The van der Waals surface area contributed by atoms with Crippen LogP contribution in [0.25, 0.3) is 0 Å². The van der Waals surface area contributed by atoms with Gasteiger partial charge in [0.15, 0.2) is 0 Å². The number of sulfonamides is 1. The quantitative estimate of drug-likeness (QED) is 0.803. The normalized spacial score (nSPS) is 12.3. The molecule has 0 spiro atoms. The van der Waals surface area contributed by atoms with Crippen LogP contribution in [0, 0.1) is 0 Å². The number of benzene rings is 1. The molecule has 0 fully saturated rings. The summed E-state index contributed by atoms with van der Waals surface area (Å²) in [5.74, 6) is 0. The molecule has 0 aliphatic carbocycles. The summed E-state index contributed by atoms with van der Waals surface area (Å²) in [6.07, 6.45) is 0.789. The lowest BCUT2D eigenvalue weighted by atomic mass is 10.2. The van der Waals surface area contributed by atoms with Crippen molar-refractivity contribution in [2.45, 2.75) is 17.9 Å². The van der Waals surface area contributed by atoms with E-state index in [0.717, 1.165) is 13.0 Å². The van der Waals surface area contributed by atoms with Crippen LogP contribution in [0.5, 0.6) is 0 Å². The van der Waals surface area contributed by atoms with Crippen LogP contribution in [-0.2, 0) is 16.6 Å². The zero-order valence-electron chi connectivity index (χ0n) is 11.7. The molecule has 0 unspecified atom stereocenters. The lowest BCUT2D eigenvalue weighted by Crippen LogP contribution is -2.29. The van der Waals surface area contributed by atoms with E-state index in [1.165, 1.54) is 16.4 Å². The Hall–Kier alpha value is -0.950. The van der Waals surface area contributed by atoms with Crippen LogP contribution in [0.15, 0.2) is 29.2 Å². The van der Waals surface area contributed by atoms with Gasteiger partial charge in [-0.15, -0.1) is 0 Å². The number of nitrogens with zero attached hydrogens (tertiary/aromatic N) is 2. The van der Waals surface area contributed by atoms with Gasteiger partial charge < -0.3 is 10.0 Å². The standard InChI is InChI=1S/C13H22N2O3S/c1-14(2)9-4-10-15(3)19(17,18)13-7-5-12(11-16)6-8-13/h5-8,16H,4,9-11H2,1-3H3. The molecule has 5 nitrogen and oxygen atoms in total. The third-order valence-corrected chi connectivity index (χ3v) is 4.76. The van der Waals surface area contributed by atoms with Crippen molar-refractivity contribution in [3.05, 3.63) is 29.8 Å². The Morgan fingerprint density at radius 2 is 1.63 bits per heavy atom. The Bertz CT molecular complexity index is 483. The van der Waals surface area contributed by atoms with E-state index in [4.69, 9.17) is 5.11 Å². The summed E-state index contributed by atoms with van der Waals surface area (Å²) in [6, 6.07) is 6.31. The van der Waals surface area contributed by atoms with Gasteiger partial charge in [-0.1, -0.05) is 12.1 Å². The molecule has 1 rings (SSSR count). The van der Waals surface area contributed by atoms with Crippen molar-refractivity contribution in [3.8, 4) is 0 Å². The van der Waals surface area contributed by atoms with E-state index in [0.29, 0.717) is 12.1 Å². The van der Waals surface area contributed by atoms with E-state index >= 15 is 0 Å². The van der Waals surface area contributed by atoms with Crippen molar-refractivity contribution < 1.29 is 13.5 Å². The van der Waals surface area contributed by atoms with Gasteiger partial charge in [0.1, 0.15) is 0 Å². The van der Waals surface area contributed by atoms with Gasteiger partial charge in [0.2, 0.25) is 10.0 Å². The zero-order valence-corrected chi connectivity index (χ0v) is 12.5. The van der Waals surface area contributed by atoms with Crippen LogP contribution in [-0.4, -0.2) is 57.0 Å². The minimum atomic E-state index is -3.43. The molecule has 1 aromatic rings. The molecule has 0 aliphatic rings. The fourth-order valence-corrected chi connectivity index (χ4v) is 2.89. The lowest BCUT2D eigenvalue weighted by Gasteiger charge is -2.18. The second-order valence-corrected chi connectivity index (χ2v) is 6.83. The maximum absolute atomic E-state index is 12.3. The van der Waals surface area contributed by atoms with Gasteiger partial charge in [0.25, 0.3) is 0 Å². The van der Waals surface area contributed by atoms with E-state index in [2.05, 4.69) is 0 Å². The Labute approximate surface area is 115 Å². The molecule has 6 heteroatoms. The van der Waals surface area contributed by atoms with Gasteiger partial charge >= 0.3 is 0 Å². The second kappa shape index (κ2) is 7.00. The van der Waals surface area contributed by atoms with Gasteiger partial charge in [-0.2, -0.15) is 0 Å². The van der Waals surface area contributed by atoms with Crippen LogP contribution in [0.4, 0.5) is 0 Å². The highest BCUT2D eigenvalue weighted by atomic mass is 32.2. The Morgan fingerprint density at radius 3 is 2.11 bits per heavy atom. The number of rotatable bonds is 7. The van der Waals surface area contributed by atoms with Crippen LogP contribution in [0.1, 0.15) is 12.0 Å². The maximum Gasteiger partial charge on any atom is 0.242 e. The first-order chi connectivity index (χ1) is 8.87. The van der Waals surface area contributed by atoms with Crippen LogP contribution in [0.2, 0.25) is 0 Å².